The monoisotopic (exact) mass is 430 g/mol. The van der Waals surface area contributed by atoms with Gasteiger partial charge in [-0.2, -0.15) is 5.10 Å². The van der Waals surface area contributed by atoms with E-state index in [4.69, 9.17) is 33.3 Å². The molecule has 5 aromatic rings. The molecule has 0 aliphatic carbocycles. The maximum Gasteiger partial charge on any atom is 0.284 e. The van der Waals surface area contributed by atoms with Crippen LogP contribution >= 0.6 is 23.8 Å². The van der Waals surface area contributed by atoms with Gasteiger partial charge in [0.2, 0.25) is 0 Å². The number of rotatable bonds is 4. The van der Waals surface area contributed by atoms with Crippen molar-refractivity contribution < 1.29 is 4.42 Å². The third-order valence-corrected chi connectivity index (χ3v) is 5.13. The summed E-state index contributed by atoms with van der Waals surface area (Å²) in [6.45, 7) is 0. The molecular formula is C23H15ClN4OS. The zero-order chi connectivity index (χ0) is 20.5. The molecule has 0 bridgehead atoms. The van der Waals surface area contributed by atoms with Crippen molar-refractivity contribution in [2.75, 3.05) is 0 Å². The third-order valence-electron chi connectivity index (χ3n) is 4.71. The third kappa shape index (κ3) is 3.36. The first kappa shape index (κ1) is 18.5. The topological polar surface area (TPSA) is 59.6 Å². The Hall–Kier alpha value is -3.48. The highest BCUT2D eigenvalue weighted by atomic mass is 35.5. The first-order chi connectivity index (χ1) is 14.7. The summed E-state index contributed by atoms with van der Waals surface area (Å²) in [6.07, 6.45) is 0. The molecule has 0 spiro atoms. The molecule has 0 aliphatic rings. The second-order valence-corrected chi connectivity index (χ2v) is 7.42. The summed E-state index contributed by atoms with van der Waals surface area (Å²) in [5.41, 5.74) is 5.20. The van der Waals surface area contributed by atoms with Gasteiger partial charge in [-0.25, -0.2) is 9.78 Å². The quantitative estimate of drug-likeness (QED) is 0.327. The Kier molecular flexibility index (Phi) is 4.78. The van der Waals surface area contributed by atoms with Gasteiger partial charge in [0.05, 0.1) is 5.69 Å². The Morgan fingerprint density at radius 3 is 2.13 bits per heavy atom. The molecule has 7 heteroatoms. The molecule has 0 amide bonds. The molecule has 5 rings (SSSR count). The molecule has 2 aromatic heterocycles. The van der Waals surface area contributed by atoms with Crippen LogP contribution in [0, 0.1) is 4.84 Å². The molecule has 0 saturated heterocycles. The summed E-state index contributed by atoms with van der Waals surface area (Å²) in [7, 11) is 0. The van der Waals surface area contributed by atoms with E-state index in [0.29, 0.717) is 16.6 Å². The second kappa shape index (κ2) is 7.74. The number of hydrogen-bond acceptors (Lipinski definition) is 4. The number of nitrogens with zero attached hydrogens (tertiary/aromatic N) is 3. The van der Waals surface area contributed by atoms with Gasteiger partial charge in [0.1, 0.15) is 11.4 Å². The number of H-pyrrole nitrogens is 1. The van der Waals surface area contributed by atoms with Crippen LogP contribution in [-0.4, -0.2) is 20.0 Å². The molecular weight excluding hydrogens is 416 g/mol. The number of aromatic amines is 1. The van der Waals surface area contributed by atoms with Gasteiger partial charge in [0.25, 0.3) is 10.7 Å². The van der Waals surface area contributed by atoms with Crippen molar-refractivity contribution in [3.05, 3.63) is 94.8 Å². The zero-order valence-corrected chi connectivity index (χ0v) is 17.2. The summed E-state index contributed by atoms with van der Waals surface area (Å²) in [6, 6.07) is 27.5. The van der Waals surface area contributed by atoms with Crippen LogP contribution in [0.4, 0.5) is 0 Å². The normalized spacial score (nSPS) is 11.0. The van der Waals surface area contributed by atoms with Gasteiger partial charge in [-0.05, 0) is 42.0 Å². The van der Waals surface area contributed by atoms with E-state index < -0.39 is 0 Å². The van der Waals surface area contributed by atoms with E-state index in [1.165, 1.54) is 0 Å². The Labute approximate surface area is 182 Å². The van der Waals surface area contributed by atoms with E-state index in [2.05, 4.69) is 10.2 Å². The van der Waals surface area contributed by atoms with E-state index in [0.717, 1.165) is 28.1 Å². The van der Waals surface area contributed by atoms with Gasteiger partial charge in [-0.1, -0.05) is 72.3 Å². The van der Waals surface area contributed by atoms with Gasteiger partial charge in [-0.3, -0.25) is 0 Å². The average Bonchev–Trinajstić information content (AvgIpc) is 3.39. The number of hydrogen-bond donors (Lipinski definition) is 1. The minimum absolute atomic E-state index is 0.203. The standard InChI is InChI=1S/C23H15ClN4OS/c24-17-13-11-15(12-14-17)19-20(16-7-3-1-4-8-16)27-28(18-9-5-2-6-10-18)21(19)22-25-26-23(30)29-22/h1-14H,(H,26,30). The first-order valence-corrected chi connectivity index (χ1v) is 10.0. The molecule has 0 aliphatic heterocycles. The fourth-order valence-electron chi connectivity index (χ4n) is 3.39. The van der Waals surface area contributed by atoms with Crippen LogP contribution < -0.4 is 0 Å². The van der Waals surface area contributed by atoms with E-state index in [-0.39, 0.29) is 4.84 Å². The lowest BCUT2D eigenvalue weighted by atomic mass is 9.98. The lowest BCUT2D eigenvalue weighted by Gasteiger charge is -2.07. The van der Waals surface area contributed by atoms with Crippen molar-refractivity contribution in [1.82, 2.24) is 20.0 Å². The molecule has 3 aromatic carbocycles. The van der Waals surface area contributed by atoms with Crippen LogP contribution in [-0.2, 0) is 0 Å². The SMILES string of the molecule is S=c1[nH]nc(-c2c(-c3ccc(Cl)cc3)c(-c3ccccc3)nn2-c2ccccc2)o1. The van der Waals surface area contributed by atoms with Gasteiger partial charge < -0.3 is 4.42 Å². The summed E-state index contributed by atoms with van der Waals surface area (Å²) in [5, 5.41) is 12.7. The lowest BCUT2D eigenvalue weighted by Crippen LogP contribution is -1.99. The number of halogens is 1. The minimum atomic E-state index is 0.203. The van der Waals surface area contributed by atoms with Gasteiger partial charge in [0, 0.05) is 16.1 Å². The van der Waals surface area contributed by atoms with Crippen molar-refractivity contribution >= 4 is 23.8 Å². The molecule has 0 unspecified atom stereocenters. The van der Waals surface area contributed by atoms with Crippen LogP contribution in [0.25, 0.3) is 39.7 Å². The predicted octanol–water partition coefficient (Wildman–Crippen LogP) is 6.57. The van der Waals surface area contributed by atoms with E-state index >= 15 is 0 Å². The molecule has 146 valence electrons. The Balaban J connectivity index is 1.89. The summed E-state index contributed by atoms with van der Waals surface area (Å²) in [5.74, 6) is 0.364. The molecule has 0 fully saturated rings. The fraction of sp³-hybridized carbons (Fsp3) is 0. The van der Waals surface area contributed by atoms with Crippen LogP contribution in [0.3, 0.4) is 0 Å². The maximum absolute atomic E-state index is 6.15. The van der Waals surface area contributed by atoms with Crippen molar-refractivity contribution in [2.24, 2.45) is 0 Å². The molecule has 30 heavy (non-hydrogen) atoms. The van der Waals surface area contributed by atoms with Gasteiger partial charge in [-0.15, -0.1) is 5.10 Å². The van der Waals surface area contributed by atoms with Gasteiger partial charge in [0.15, 0.2) is 0 Å². The highest BCUT2D eigenvalue weighted by molar-refractivity contribution is 7.71. The summed E-state index contributed by atoms with van der Waals surface area (Å²) in [4.78, 5) is 0.203. The largest absolute Gasteiger partial charge is 0.408 e. The highest BCUT2D eigenvalue weighted by Gasteiger charge is 2.26. The Bertz CT molecular complexity index is 1360. The molecule has 2 heterocycles. The van der Waals surface area contributed by atoms with E-state index in [1.807, 2.05) is 89.6 Å². The molecule has 1 N–H and O–H groups in total. The zero-order valence-electron chi connectivity index (χ0n) is 15.6. The van der Waals surface area contributed by atoms with Crippen LogP contribution in [0.15, 0.2) is 89.3 Å². The molecule has 5 nitrogen and oxygen atoms in total. The number of aromatic nitrogens is 4. The summed E-state index contributed by atoms with van der Waals surface area (Å²) < 4.78 is 7.56. The highest BCUT2D eigenvalue weighted by Crippen LogP contribution is 2.40. The molecule has 0 radical (unpaired) electrons. The smallest absolute Gasteiger partial charge is 0.284 e. The molecule has 0 atom stereocenters. The number of para-hydroxylation sites is 1. The van der Waals surface area contributed by atoms with Crippen LogP contribution in [0.1, 0.15) is 0 Å². The Morgan fingerprint density at radius 2 is 1.50 bits per heavy atom. The first-order valence-electron chi connectivity index (χ1n) is 9.26. The second-order valence-electron chi connectivity index (χ2n) is 6.61. The fourth-order valence-corrected chi connectivity index (χ4v) is 3.64. The van der Waals surface area contributed by atoms with Crippen molar-refractivity contribution in [2.45, 2.75) is 0 Å². The van der Waals surface area contributed by atoms with Crippen molar-refractivity contribution in [1.29, 1.82) is 0 Å². The maximum atomic E-state index is 6.15. The predicted molar refractivity (Wildman–Crippen MR) is 120 cm³/mol. The lowest BCUT2D eigenvalue weighted by molar-refractivity contribution is 0.547. The van der Waals surface area contributed by atoms with E-state index in [9.17, 15) is 0 Å². The van der Waals surface area contributed by atoms with Crippen molar-refractivity contribution in [3.63, 3.8) is 0 Å². The van der Waals surface area contributed by atoms with Crippen LogP contribution in [0.2, 0.25) is 5.02 Å². The number of benzene rings is 3. The minimum Gasteiger partial charge on any atom is -0.408 e. The number of nitrogens with one attached hydrogen (secondary N) is 1. The van der Waals surface area contributed by atoms with Crippen LogP contribution in [0.5, 0.6) is 0 Å². The van der Waals surface area contributed by atoms with Gasteiger partial charge >= 0.3 is 0 Å². The Morgan fingerprint density at radius 1 is 0.833 bits per heavy atom. The van der Waals surface area contributed by atoms with E-state index in [1.54, 1.807) is 0 Å². The van der Waals surface area contributed by atoms with Crippen molar-refractivity contribution in [3.8, 4) is 39.7 Å². The summed E-state index contributed by atoms with van der Waals surface area (Å²) >= 11 is 11.3. The average molecular weight is 431 g/mol. The molecule has 0 saturated carbocycles.